The lowest BCUT2D eigenvalue weighted by Gasteiger charge is -2.11. The average molecular weight is 204 g/mol. The van der Waals surface area contributed by atoms with Gasteiger partial charge in [0.1, 0.15) is 17.5 Å². The summed E-state index contributed by atoms with van der Waals surface area (Å²) in [6.45, 7) is 3.09. The Morgan fingerprint density at radius 3 is 2.60 bits per heavy atom. The van der Waals surface area contributed by atoms with Crippen molar-refractivity contribution in [3.63, 3.8) is 0 Å². The van der Waals surface area contributed by atoms with Gasteiger partial charge in [0.2, 0.25) is 0 Å². The van der Waals surface area contributed by atoms with Crippen molar-refractivity contribution in [1.29, 1.82) is 5.26 Å². The molecule has 0 fully saturated rings. The number of hydrogen-bond acceptors (Lipinski definition) is 5. The first-order chi connectivity index (χ1) is 7.02. The number of nitriles is 1. The standard InChI is InChI=1S/C10H12N4O/c1-5-8(6(2)15)9(12)7(4-11)10(13-3)14-5/h1-3H3,(H3,12,13,14). The average Bonchev–Trinajstić information content (AvgIpc) is 2.16. The summed E-state index contributed by atoms with van der Waals surface area (Å²) in [5.74, 6) is 0.217. The highest BCUT2D eigenvalue weighted by Gasteiger charge is 2.17. The van der Waals surface area contributed by atoms with E-state index in [1.165, 1.54) is 6.92 Å². The first kappa shape index (κ1) is 11.0. The molecule has 0 aliphatic carbocycles. The highest BCUT2D eigenvalue weighted by atomic mass is 16.1. The molecular weight excluding hydrogens is 192 g/mol. The van der Waals surface area contributed by atoms with E-state index < -0.39 is 0 Å². The molecule has 1 aromatic rings. The monoisotopic (exact) mass is 204 g/mol. The largest absolute Gasteiger partial charge is 0.397 e. The molecule has 3 N–H and O–H groups in total. The molecule has 0 amide bonds. The predicted molar refractivity (Wildman–Crippen MR) is 57.7 cm³/mol. The van der Waals surface area contributed by atoms with E-state index in [-0.39, 0.29) is 17.0 Å². The Kier molecular flexibility index (Phi) is 2.90. The van der Waals surface area contributed by atoms with Gasteiger partial charge in [0.15, 0.2) is 5.78 Å². The number of aromatic nitrogens is 1. The molecule has 1 aromatic heterocycles. The third kappa shape index (κ3) is 1.74. The van der Waals surface area contributed by atoms with Crippen LogP contribution in [0.5, 0.6) is 0 Å². The predicted octanol–water partition coefficient (Wildman–Crippen LogP) is 1.09. The van der Waals surface area contributed by atoms with Crippen molar-refractivity contribution in [3.8, 4) is 6.07 Å². The summed E-state index contributed by atoms with van der Waals surface area (Å²) in [5.41, 5.74) is 7.02. The zero-order valence-electron chi connectivity index (χ0n) is 8.88. The normalized spacial score (nSPS) is 9.47. The first-order valence-electron chi connectivity index (χ1n) is 4.41. The van der Waals surface area contributed by atoms with Crippen molar-refractivity contribution in [2.45, 2.75) is 13.8 Å². The third-order valence-corrected chi connectivity index (χ3v) is 2.12. The molecule has 1 rings (SSSR count). The number of Topliss-reactive ketones (excluding diaryl/α,β-unsaturated/α-hetero) is 1. The molecule has 0 unspecified atom stereocenters. The van der Waals surface area contributed by atoms with Crippen molar-refractivity contribution in [2.24, 2.45) is 0 Å². The van der Waals surface area contributed by atoms with Crippen LogP contribution in [0.3, 0.4) is 0 Å². The molecule has 0 aliphatic heterocycles. The number of nitrogens with one attached hydrogen (secondary N) is 1. The lowest BCUT2D eigenvalue weighted by Crippen LogP contribution is -2.10. The molecule has 1 heterocycles. The van der Waals surface area contributed by atoms with Crippen LogP contribution in [0.2, 0.25) is 0 Å². The summed E-state index contributed by atoms with van der Waals surface area (Å²) >= 11 is 0. The van der Waals surface area contributed by atoms with Crippen LogP contribution >= 0.6 is 0 Å². The van der Waals surface area contributed by atoms with Gasteiger partial charge >= 0.3 is 0 Å². The van der Waals surface area contributed by atoms with E-state index >= 15 is 0 Å². The molecule has 0 saturated heterocycles. The molecule has 0 radical (unpaired) electrons. The SMILES string of the molecule is CNc1nc(C)c(C(C)=O)c(N)c1C#N. The Bertz CT molecular complexity index is 459. The van der Waals surface area contributed by atoms with E-state index in [0.717, 1.165) is 0 Å². The van der Waals surface area contributed by atoms with Crippen LogP contribution in [-0.4, -0.2) is 17.8 Å². The number of carbonyl (C=O) groups is 1. The van der Waals surface area contributed by atoms with Gasteiger partial charge in [-0.25, -0.2) is 4.98 Å². The summed E-state index contributed by atoms with van der Waals surface area (Å²) in [6.07, 6.45) is 0. The number of rotatable bonds is 2. The second-order valence-corrected chi connectivity index (χ2v) is 3.13. The quantitative estimate of drug-likeness (QED) is 0.703. The van der Waals surface area contributed by atoms with Crippen molar-refractivity contribution >= 4 is 17.3 Å². The van der Waals surface area contributed by atoms with Crippen LogP contribution in [0.15, 0.2) is 0 Å². The number of nitrogens with two attached hydrogens (primary N) is 1. The van der Waals surface area contributed by atoms with Gasteiger partial charge in [0.25, 0.3) is 0 Å². The Balaban J connectivity index is 3.61. The molecule has 0 bridgehead atoms. The molecule has 78 valence electrons. The van der Waals surface area contributed by atoms with E-state index in [1.807, 2.05) is 6.07 Å². The fourth-order valence-electron chi connectivity index (χ4n) is 1.47. The van der Waals surface area contributed by atoms with Crippen LogP contribution in [-0.2, 0) is 0 Å². The van der Waals surface area contributed by atoms with Crippen molar-refractivity contribution in [1.82, 2.24) is 4.98 Å². The van der Waals surface area contributed by atoms with Crippen LogP contribution in [0.25, 0.3) is 0 Å². The van der Waals surface area contributed by atoms with Gasteiger partial charge in [0, 0.05) is 7.05 Å². The maximum atomic E-state index is 11.3. The van der Waals surface area contributed by atoms with Gasteiger partial charge in [0.05, 0.1) is 16.9 Å². The maximum Gasteiger partial charge on any atom is 0.163 e. The summed E-state index contributed by atoms with van der Waals surface area (Å²) < 4.78 is 0. The Labute approximate surface area is 87.9 Å². The van der Waals surface area contributed by atoms with Crippen molar-refractivity contribution in [3.05, 3.63) is 16.8 Å². The molecule has 0 aliphatic rings. The van der Waals surface area contributed by atoms with Crippen molar-refractivity contribution in [2.75, 3.05) is 18.1 Å². The number of pyridine rings is 1. The van der Waals surface area contributed by atoms with Gasteiger partial charge in [-0.15, -0.1) is 0 Å². The number of carbonyl (C=O) groups excluding carboxylic acids is 1. The van der Waals surface area contributed by atoms with Gasteiger partial charge < -0.3 is 11.1 Å². The Morgan fingerprint density at radius 2 is 2.20 bits per heavy atom. The van der Waals surface area contributed by atoms with Gasteiger partial charge in [-0.3, -0.25) is 4.79 Å². The molecule has 5 heteroatoms. The highest BCUT2D eigenvalue weighted by molar-refractivity contribution is 6.01. The molecule has 0 saturated carbocycles. The maximum absolute atomic E-state index is 11.3. The molecule has 5 nitrogen and oxygen atoms in total. The molecule has 0 atom stereocenters. The minimum Gasteiger partial charge on any atom is -0.397 e. The van der Waals surface area contributed by atoms with E-state index in [9.17, 15) is 4.79 Å². The van der Waals surface area contributed by atoms with E-state index in [1.54, 1.807) is 14.0 Å². The second-order valence-electron chi connectivity index (χ2n) is 3.13. The summed E-state index contributed by atoms with van der Waals surface area (Å²) in [6, 6.07) is 1.94. The number of anilines is 2. The third-order valence-electron chi connectivity index (χ3n) is 2.12. The summed E-state index contributed by atoms with van der Waals surface area (Å²) in [4.78, 5) is 15.4. The van der Waals surface area contributed by atoms with Crippen LogP contribution < -0.4 is 11.1 Å². The summed E-state index contributed by atoms with van der Waals surface area (Å²) in [5, 5.41) is 11.7. The highest BCUT2D eigenvalue weighted by Crippen LogP contribution is 2.25. The second kappa shape index (κ2) is 3.96. The molecular formula is C10H12N4O. The number of nitrogens with zero attached hydrogens (tertiary/aromatic N) is 2. The number of nitrogen functional groups attached to an aromatic ring is 1. The minimum absolute atomic E-state index is 0.184. The number of ketones is 1. The van der Waals surface area contributed by atoms with E-state index in [4.69, 9.17) is 11.0 Å². The Morgan fingerprint density at radius 1 is 1.60 bits per heavy atom. The topological polar surface area (TPSA) is 91.8 Å². The van der Waals surface area contributed by atoms with E-state index in [2.05, 4.69) is 10.3 Å². The summed E-state index contributed by atoms with van der Waals surface area (Å²) in [7, 11) is 1.65. The number of hydrogen-bond donors (Lipinski definition) is 2. The van der Waals surface area contributed by atoms with Crippen molar-refractivity contribution < 1.29 is 4.79 Å². The fourth-order valence-corrected chi connectivity index (χ4v) is 1.47. The lowest BCUT2D eigenvalue weighted by molar-refractivity contribution is 0.101. The van der Waals surface area contributed by atoms with Crippen LogP contribution in [0.1, 0.15) is 28.5 Å². The zero-order chi connectivity index (χ0) is 11.6. The van der Waals surface area contributed by atoms with E-state index in [0.29, 0.717) is 17.1 Å². The molecule has 0 aromatic carbocycles. The Hall–Kier alpha value is -2.09. The van der Waals surface area contributed by atoms with Crippen LogP contribution in [0.4, 0.5) is 11.5 Å². The van der Waals surface area contributed by atoms with Gasteiger partial charge in [-0.05, 0) is 13.8 Å². The molecule has 0 spiro atoms. The lowest BCUT2D eigenvalue weighted by atomic mass is 10.0. The number of aryl methyl sites for hydroxylation is 1. The fraction of sp³-hybridized carbons (Fsp3) is 0.300. The molecule has 15 heavy (non-hydrogen) atoms. The minimum atomic E-state index is -0.184. The van der Waals surface area contributed by atoms with Crippen LogP contribution in [0, 0.1) is 18.3 Å². The first-order valence-corrected chi connectivity index (χ1v) is 4.41. The smallest absolute Gasteiger partial charge is 0.163 e. The zero-order valence-corrected chi connectivity index (χ0v) is 8.88. The van der Waals surface area contributed by atoms with Gasteiger partial charge in [-0.1, -0.05) is 0 Å². The van der Waals surface area contributed by atoms with Gasteiger partial charge in [-0.2, -0.15) is 5.26 Å².